The molecule has 1 fully saturated rings. The lowest BCUT2D eigenvalue weighted by Crippen LogP contribution is -2.46. The number of piperidine rings is 1. The number of likely N-dealkylation sites (tertiary alicyclic amines) is 1. The predicted octanol–water partition coefficient (Wildman–Crippen LogP) is 3.65. The second-order valence-electron chi connectivity index (χ2n) is 6.72. The summed E-state index contributed by atoms with van der Waals surface area (Å²) in [5.74, 6) is 1.20. The lowest BCUT2D eigenvalue weighted by molar-refractivity contribution is 0.0992. The summed E-state index contributed by atoms with van der Waals surface area (Å²) >= 11 is 0. The molecule has 0 saturated carbocycles. The molecule has 3 heterocycles. The molecule has 1 atom stereocenters. The average molecular weight is 300 g/mol. The molecule has 1 unspecified atom stereocenters. The summed E-state index contributed by atoms with van der Waals surface area (Å²) in [5.41, 5.74) is 2.10. The SMILES string of the molecule is CCCc1nc2cccnc2n1CC1CCCCN1C(C)C. The Bertz CT molecular complexity index is 617. The lowest BCUT2D eigenvalue weighted by Gasteiger charge is -2.39. The molecule has 0 amide bonds. The second kappa shape index (κ2) is 6.78. The van der Waals surface area contributed by atoms with Crippen LogP contribution in [0.1, 0.15) is 52.3 Å². The molecule has 120 valence electrons. The topological polar surface area (TPSA) is 34.0 Å². The fraction of sp³-hybridized carbons (Fsp3) is 0.667. The number of pyridine rings is 1. The molecule has 1 aliphatic rings. The van der Waals surface area contributed by atoms with E-state index in [-0.39, 0.29) is 0 Å². The highest BCUT2D eigenvalue weighted by Gasteiger charge is 2.26. The third-order valence-electron chi connectivity index (χ3n) is 4.79. The summed E-state index contributed by atoms with van der Waals surface area (Å²) in [7, 11) is 0. The fourth-order valence-corrected chi connectivity index (χ4v) is 3.72. The van der Waals surface area contributed by atoms with E-state index in [4.69, 9.17) is 4.98 Å². The third kappa shape index (κ3) is 3.02. The minimum absolute atomic E-state index is 0.614. The second-order valence-corrected chi connectivity index (χ2v) is 6.72. The third-order valence-corrected chi connectivity index (χ3v) is 4.79. The van der Waals surface area contributed by atoms with Crippen LogP contribution in [0.2, 0.25) is 0 Å². The summed E-state index contributed by atoms with van der Waals surface area (Å²) in [5, 5.41) is 0. The molecule has 22 heavy (non-hydrogen) atoms. The van der Waals surface area contributed by atoms with Gasteiger partial charge in [0.1, 0.15) is 11.3 Å². The van der Waals surface area contributed by atoms with Gasteiger partial charge in [-0.05, 0) is 51.8 Å². The summed E-state index contributed by atoms with van der Waals surface area (Å²) in [6, 6.07) is 5.29. The van der Waals surface area contributed by atoms with Crippen LogP contribution in [0.25, 0.3) is 11.2 Å². The molecule has 0 N–H and O–H groups in total. The normalized spacial score (nSPS) is 20.1. The minimum atomic E-state index is 0.614. The molecule has 3 rings (SSSR count). The molecule has 4 nitrogen and oxygen atoms in total. The van der Waals surface area contributed by atoms with Gasteiger partial charge in [0.05, 0.1) is 0 Å². The summed E-state index contributed by atoms with van der Waals surface area (Å²) in [6.45, 7) is 9.11. The zero-order valence-electron chi connectivity index (χ0n) is 14.1. The van der Waals surface area contributed by atoms with Crippen LogP contribution in [-0.4, -0.2) is 38.1 Å². The van der Waals surface area contributed by atoms with Crippen LogP contribution in [-0.2, 0) is 13.0 Å². The van der Waals surface area contributed by atoms with Crippen molar-refractivity contribution in [1.29, 1.82) is 0 Å². The van der Waals surface area contributed by atoms with E-state index in [2.05, 4.69) is 41.3 Å². The van der Waals surface area contributed by atoms with Crippen molar-refractivity contribution in [3.05, 3.63) is 24.2 Å². The van der Waals surface area contributed by atoms with Gasteiger partial charge in [-0.25, -0.2) is 9.97 Å². The Morgan fingerprint density at radius 3 is 2.95 bits per heavy atom. The lowest BCUT2D eigenvalue weighted by atomic mass is 10.00. The van der Waals surface area contributed by atoms with E-state index >= 15 is 0 Å². The highest BCUT2D eigenvalue weighted by molar-refractivity contribution is 5.71. The Morgan fingerprint density at radius 1 is 1.32 bits per heavy atom. The Hall–Kier alpha value is -1.42. The number of hydrogen-bond donors (Lipinski definition) is 0. The van der Waals surface area contributed by atoms with E-state index in [1.165, 1.54) is 31.6 Å². The Morgan fingerprint density at radius 2 is 2.18 bits per heavy atom. The molecule has 2 aromatic heterocycles. The van der Waals surface area contributed by atoms with Gasteiger partial charge in [0.15, 0.2) is 5.65 Å². The predicted molar refractivity (Wildman–Crippen MR) is 91.0 cm³/mol. The summed E-state index contributed by atoms with van der Waals surface area (Å²) in [6.07, 6.45) is 8.01. The first kappa shape index (κ1) is 15.5. The molecule has 1 saturated heterocycles. The van der Waals surface area contributed by atoms with Crippen LogP contribution < -0.4 is 0 Å². The van der Waals surface area contributed by atoms with Crippen molar-refractivity contribution in [2.24, 2.45) is 0 Å². The quantitative estimate of drug-likeness (QED) is 0.845. The van der Waals surface area contributed by atoms with Gasteiger partial charge < -0.3 is 4.57 Å². The van der Waals surface area contributed by atoms with Crippen molar-refractivity contribution in [2.45, 2.75) is 71.5 Å². The number of hydrogen-bond acceptors (Lipinski definition) is 3. The van der Waals surface area contributed by atoms with E-state index < -0.39 is 0 Å². The fourth-order valence-electron chi connectivity index (χ4n) is 3.72. The average Bonchev–Trinajstić information content (AvgIpc) is 2.86. The van der Waals surface area contributed by atoms with Gasteiger partial charge in [0, 0.05) is 31.2 Å². The number of imidazole rings is 1. The molecular formula is C18H28N4. The number of rotatable bonds is 5. The van der Waals surface area contributed by atoms with Crippen LogP contribution in [0.4, 0.5) is 0 Å². The van der Waals surface area contributed by atoms with Crippen molar-refractivity contribution in [1.82, 2.24) is 19.4 Å². The molecule has 4 heteroatoms. The summed E-state index contributed by atoms with van der Waals surface area (Å²) in [4.78, 5) is 12.1. The number of aryl methyl sites for hydroxylation is 1. The van der Waals surface area contributed by atoms with E-state index in [0.717, 1.165) is 30.6 Å². The highest BCUT2D eigenvalue weighted by Crippen LogP contribution is 2.23. The van der Waals surface area contributed by atoms with Gasteiger partial charge in [0.25, 0.3) is 0 Å². The number of aromatic nitrogens is 3. The maximum atomic E-state index is 4.82. The Labute approximate surface area is 133 Å². The summed E-state index contributed by atoms with van der Waals surface area (Å²) < 4.78 is 2.38. The molecule has 2 aromatic rings. The Kier molecular flexibility index (Phi) is 4.77. The van der Waals surface area contributed by atoms with Crippen molar-refractivity contribution in [3.8, 4) is 0 Å². The molecule has 0 aromatic carbocycles. The van der Waals surface area contributed by atoms with Gasteiger partial charge in [-0.2, -0.15) is 0 Å². The molecule has 0 radical (unpaired) electrons. The van der Waals surface area contributed by atoms with E-state index in [0.29, 0.717) is 12.1 Å². The van der Waals surface area contributed by atoms with Gasteiger partial charge >= 0.3 is 0 Å². The first-order chi connectivity index (χ1) is 10.7. The number of nitrogens with zero attached hydrogens (tertiary/aromatic N) is 4. The molecule has 0 aliphatic carbocycles. The van der Waals surface area contributed by atoms with Gasteiger partial charge in [-0.1, -0.05) is 13.3 Å². The smallest absolute Gasteiger partial charge is 0.160 e. The van der Waals surface area contributed by atoms with Crippen LogP contribution in [0, 0.1) is 0 Å². The van der Waals surface area contributed by atoms with E-state index in [1.54, 1.807) is 0 Å². The van der Waals surface area contributed by atoms with E-state index in [9.17, 15) is 0 Å². The van der Waals surface area contributed by atoms with Crippen molar-refractivity contribution < 1.29 is 0 Å². The molecule has 0 bridgehead atoms. The zero-order chi connectivity index (χ0) is 15.5. The zero-order valence-corrected chi connectivity index (χ0v) is 14.1. The van der Waals surface area contributed by atoms with Crippen molar-refractivity contribution in [2.75, 3.05) is 6.54 Å². The highest BCUT2D eigenvalue weighted by atomic mass is 15.2. The number of fused-ring (bicyclic) bond motifs is 1. The van der Waals surface area contributed by atoms with Crippen molar-refractivity contribution >= 4 is 11.2 Å². The largest absolute Gasteiger partial charge is 0.311 e. The van der Waals surface area contributed by atoms with Crippen LogP contribution in [0.5, 0.6) is 0 Å². The maximum absolute atomic E-state index is 4.82. The van der Waals surface area contributed by atoms with E-state index in [1.807, 2.05) is 12.3 Å². The molecule has 1 aliphatic heterocycles. The van der Waals surface area contributed by atoms with Crippen LogP contribution >= 0.6 is 0 Å². The first-order valence-electron chi connectivity index (χ1n) is 8.76. The van der Waals surface area contributed by atoms with Gasteiger partial charge in [0.2, 0.25) is 0 Å². The van der Waals surface area contributed by atoms with Gasteiger partial charge in [-0.15, -0.1) is 0 Å². The van der Waals surface area contributed by atoms with Crippen LogP contribution in [0.15, 0.2) is 18.3 Å². The van der Waals surface area contributed by atoms with Gasteiger partial charge in [-0.3, -0.25) is 4.90 Å². The maximum Gasteiger partial charge on any atom is 0.160 e. The molecular weight excluding hydrogens is 272 g/mol. The monoisotopic (exact) mass is 300 g/mol. The first-order valence-corrected chi connectivity index (χ1v) is 8.76. The minimum Gasteiger partial charge on any atom is -0.311 e. The van der Waals surface area contributed by atoms with Crippen molar-refractivity contribution in [3.63, 3.8) is 0 Å². The Balaban J connectivity index is 1.92. The van der Waals surface area contributed by atoms with Crippen LogP contribution in [0.3, 0.4) is 0 Å². The molecule has 0 spiro atoms. The standard InChI is InChI=1S/C18H28N4/c1-4-8-17-20-16-10-7-11-19-18(16)22(17)13-15-9-5-6-12-21(15)14(2)3/h7,10-11,14-15H,4-6,8-9,12-13H2,1-3H3.